The summed E-state index contributed by atoms with van der Waals surface area (Å²) >= 11 is 0. The second-order valence-corrected chi connectivity index (χ2v) is 6.84. The fraction of sp³-hybridized carbons (Fsp3) is 0.462. The van der Waals surface area contributed by atoms with E-state index in [0.717, 1.165) is 0 Å². The van der Waals surface area contributed by atoms with Gasteiger partial charge in [0.2, 0.25) is 15.9 Å². The van der Waals surface area contributed by atoms with E-state index in [0.29, 0.717) is 30.8 Å². The third kappa shape index (κ3) is 3.36. The van der Waals surface area contributed by atoms with Gasteiger partial charge in [-0.2, -0.15) is 4.31 Å². The summed E-state index contributed by atoms with van der Waals surface area (Å²) in [5.74, 6) is -0.307. The first-order valence-electron chi connectivity index (χ1n) is 6.52. The lowest BCUT2D eigenvalue weighted by Gasteiger charge is -2.30. The van der Waals surface area contributed by atoms with Crippen molar-refractivity contribution in [1.82, 2.24) is 9.79 Å². The summed E-state index contributed by atoms with van der Waals surface area (Å²) in [6.07, 6.45) is 1.48. The predicted molar refractivity (Wildman–Crippen MR) is 72.5 cm³/mol. The van der Waals surface area contributed by atoms with Crippen LogP contribution in [0, 0.1) is 5.92 Å². The van der Waals surface area contributed by atoms with Gasteiger partial charge in [0.15, 0.2) is 0 Å². The fourth-order valence-electron chi connectivity index (χ4n) is 2.40. The number of carbonyl (C=O) groups excluding carboxylic acids is 1. The van der Waals surface area contributed by atoms with Gasteiger partial charge in [0.25, 0.3) is 0 Å². The molecule has 2 N–H and O–H groups in total. The minimum absolute atomic E-state index is 0.115. The highest BCUT2D eigenvalue weighted by Gasteiger charge is 2.29. The van der Waals surface area contributed by atoms with E-state index >= 15 is 0 Å². The lowest BCUT2D eigenvalue weighted by atomic mass is 9.94. The number of hydroxylamine groups is 1. The molecular weight excluding hydrogens is 280 g/mol. The van der Waals surface area contributed by atoms with E-state index in [2.05, 4.69) is 0 Å². The molecule has 1 saturated heterocycles. The Morgan fingerprint density at radius 3 is 2.40 bits per heavy atom. The lowest BCUT2D eigenvalue weighted by Crippen LogP contribution is -2.39. The van der Waals surface area contributed by atoms with Crippen LogP contribution in [0.3, 0.4) is 0 Å². The summed E-state index contributed by atoms with van der Waals surface area (Å²) in [6, 6.07) is 8.34. The van der Waals surface area contributed by atoms with E-state index in [4.69, 9.17) is 5.21 Å². The second-order valence-electron chi connectivity index (χ2n) is 4.90. The maximum absolute atomic E-state index is 12.4. The highest BCUT2D eigenvalue weighted by atomic mass is 32.2. The van der Waals surface area contributed by atoms with Crippen molar-refractivity contribution in [2.75, 3.05) is 13.1 Å². The number of carbonyl (C=O) groups is 1. The van der Waals surface area contributed by atoms with Crippen LogP contribution in [-0.2, 0) is 14.8 Å². The summed E-state index contributed by atoms with van der Waals surface area (Å²) in [5, 5.41) is 8.49. The molecule has 2 rings (SSSR count). The van der Waals surface area contributed by atoms with Crippen LogP contribution in [0.2, 0.25) is 0 Å². The first-order valence-corrected chi connectivity index (χ1v) is 7.96. The molecule has 0 aliphatic carbocycles. The number of nitrogens with one attached hydrogen (secondary N) is 1. The molecule has 6 nitrogen and oxygen atoms in total. The highest BCUT2D eigenvalue weighted by molar-refractivity contribution is 7.89. The van der Waals surface area contributed by atoms with E-state index in [1.54, 1.807) is 35.8 Å². The molecule has 0 radical (unpaired) electrons. The molecule has 0 atom stereocenters. The summed E-state index contributed by atoms with van der Waals surface area (Å²) in [5.41, 5.74) is 1.61. The molecule has 0 spiro atoms. The molecule has 1 fully saturated rings. The van der Waals surface area contributed by atoms with Gasteiger partial charge in [-0.1, -0.05) is 18.2 Å². The van der Waals surface area contributed by atoms with Crippen LogP contribution in [-0.4, -0.2) is 36.9 Å². The first kappa shape index (κ1) is 15.0. The van der Waals surface area contributed by atoms with Crippen LogP contribution in [0.15, 0.2) is 35.2 Å². The van der Waals surface area contributed by atoms with Crippen molar-refractivity contribution >= 4 is 15.9 Å². The van der Waals surface area contributed by atoms with Crippen LogP contribution < -0.4 is 5.48 Å². The zero-order chi connectivity index (χ0) is 14.6. The van der Waals surface area contributed by atoms with Crippen LogP contribution in [0.1, 0.15) is 19.3 Å². The molecule has 1 aromatic rings. The number of hydrogen-bond acceptors (Lipinski definition) is 4. The normalized spacial score (nSPS) is 17.9. The Bertz CT molecular complexity index is 551. The predicted octanol–water partition coefficient (Wildman–Crippen LogP) is 0.983. The second kappa shape index (κ2) is 6.34. The first-order chi connectivity index (χ1) is 9.54. The molecule has 0 aromatic heterocycles. The number of rotatable bonds is 4. The molecule has 7 heteroatoms. The molecule has 0 unspecified atom stereocenters. The minimum Gasteiger partial charge on any atom is -0.289 e. The Labute approximate surface area is 118 Å². The Hall–Kier alpha value is -1.44. The molecule has 110 valence electrons. The SMILES string of the molecule is O=C(CC1CCN(S(=O)(=O)c2ccccc2)CC1)NO. The van der Waals surface area contributed by atoms with Crippen molar-refractivity contribution in [2.45, 2.75) is 24.2 Å². The van der Waals surface area contributed by atoms with Gasteiger partial charge >= 0.3 is 0 Å². The zero-order valence-corrected chi connectivity index (χ0v) is 11.8. The maximum Gasteiger partial charge on any atom is 0.243 e. The smallest absolute Gasteiger partial charge is 0.243 e. The van der Waals surface area contributed by atoms with Crippen molar-refractivity contribution in [3.63, 3.8) is 0 Å². The molecule has 1 heterocycles. The van der Waals surface area contributed by atoms with Gasteiger partial charge in [-0.3, -0.25) is 10.0 Å². The maximum atomic E-state index is 12.4. The molecule has 1 aliphatic heterocycles. The van der Waals surface area contributed by atoms with Gasteiger partial charge in [-0.05, 0) is 30.9 Å². The number of amides is 1. The van der Waals surface area contributed by atoms with E-state index in [9.17, 15) is 13.2 Å². The average molecular weight is 298 g/mol. The van der Waals surface area contributed by atoms with Crippen LogP contribution in [0.25, 0.3) is 0 Å². The molecule has 1 amide bonds. The van der Waals surface area contributed by atoms with Crippen molar-refractivity contribution < 1.29 is 18.4 Å². The Balaban J connectivity index is 1.99. The number of nitrogens with zero attached hydrogens (tertiary/aromatic N) is 1. The van der Waals surface area contributed by atoms with Crippen molar-refractivity contribution in [3.05, 3.63) is 30.3 Å². The van der Waals surface area contributed by atoms with Gasteiger partial charge in [-0.25, -0.2) is 13.9 Å². The third-order valence-corrected chi connectivity index (χ3v) is 5.47. The van der Waals surface area contributed by atoms with Crippen LogP contribution in [0.5, 0.6) is 0 Å². The van der Waals surface area contributed by atoms with Gasteiger partial charge in [-0.15, -0.1) is 0 Å². The van der Waals surface area contributed by atoms with Gasteiger partial charge < -0.3 is 0 Å². The quantitative estimate of drug-likeness (QED) is 0.641. The largest absolute Gasteiger partial charge is 0.289 e. The molecular formula is C13H18N2O4S. The average Bonchev–Trinajstić information content (AvgIpc) is 2.48. The fourth-order valence-corrected chi connectivity index (χ4v) is 3.89. The van der Waals surface area contributed by atoms with E-state index in [1.807, 2.05) is 0 Å². The molecule has 0 bridgehead atoms. The van der Waals surface area contributed by atoms with E-state index < -0.39 is 15.9 Å². The van der Waals surface area contributed by atoms with Crippen LogP contribution >= 0.6 is 0 Å². The summed E-state index contributed by atoms with van der Waals surface area (Å²) < 4.78 is 26.2. The number of piperidine rings is 1. The van der Waals surface area contributed by atoms with Gasteiger partial charge in [0.1, 0.15) is 0 Å². The van der Waals surface area contributed by atoms with E-state index in [-0.39, 0.29) is 12.3 Å². The Morgan fingerprint density at radius 1 is 1.25 bits per heavy atom. The lowest BCUT2D eigenvalue weighted by molar-refractivity contribution is -0.130. The number of benzene rings is 1. The zero-order valence-electron chi connectivity index (χ0n) is 11.0. The van der Waals surface area contributed by atoms with Crippen LogP contribution in [0.4, 0.5) is 0 Å². The highest BCUT2D eigenvalue weighted by Crippen LogP contribution is 2.25. The molecule has 20 heavy (non-hydrogen) atoms. The van der Waals surface area contributed by atoms with Crippen molar-refractivity contribution in [3.8, 4) is 0 Å². The topological polar surface area (TPSA) is 86.7 Å². The monoisotopic (exact) mass is 298 g/mol. The number of hydrogen-bond donors (Lipinski definition) is 2. The minimum atomic E-state index is -3.44. The third-order valence-electron chi connectivity index (χ3n) is 3.55. The molecule has 1 aromatic carbocycles. The van der Waals surface area contributed by atoms with Crippen molar-refractivity contribution in [2.24, 2.45) is 5.92 Å². The Morgan fingerprint density at radius 2 is 1.85 bits per heavy atom. The van der Waals surface area contributed by atoms with Gasteiger partial charge in [0.05, 0.1) is 4.90 Å². The molecule has 0 saturated carbocycles. The Kier molecular flexibility index (Phi) is 4.74. The summed E-state index contributed by atoms with van der Waals surface area (Å²) in [6.45, 7) is 0.807. The standard InChI is InChI=1S/C13H18N2O4S/c16-13(14-17)10-11-6-8-15(9-7-11)20(18,19)12-4-2-1-3-5-12/h1-5,11,17H,6-10H2,(H,14,16). The van der Waals surface area contributed by atoms with Crippen molar-refractivity contribution in [1.29, 1.82) is 0 Å². The molecule has 1 aliphatic rings. The van der Waals surface area contributed by atoms with Gasteiger partial charge in [0, 0.05) is 19.5 Å². The van der Waals surface area contributed by atoms with E-state index in [1.165, 1.54) is 4.31 Å². The summed E-state index contributed by atoms with van der Waals surface area (Å²) in [7, 11) is -3.44. The summed E-state index contributed by atoms with van der Waals surface area (Å²) in [4.78, 5) is 11.4. The number of sulfonamides is 1.